The first kappa shape index (κ1) is 22.3. The minimum Gasteiger partial charge on any atom is -0.399 e. The highest BCUT2D eigenvalue weighted by Crippen LogP contribution is 2.41. The lowest BCUT2D eigenvalue weighted by atomic mass is 9.78. The Kier molecular flexibility index (Phi) is 6.10. The standard InChI is InChI=1S/C24H37BO5/c1-7-8-9-14-24(6)22(2,3)29-25(30-24)18-12-10-17(11-13-18)19-15-20-21(16-26-19)28-23(4,5)27-20/h10-13,19-21H,7-9,14-16H2,1-6H3/t19-,20+,21-,24?/m1/s1. The molecule has 3 aliphatic heterocycles. The molecule has 3 heterocycles. The van der Waals surface area contributed by atoms with E-state index in [2.05, 4.69) is 52.0 Å². The quantitative estimate of drug-likeness (QED) is 0.504. The van der Waals surface area contributed by atoms with Crippen molar-refractivity contribution in [3.63, 3.8) is 0 Å². The van der Waals surface area contributed by atoms with Gasteiger partial charge in [-0.25, -0.2) is 0 Å². The van der Waals surface area contributed by atoms with Gasteiger partial charge in [0.15, 0.2) is 5.79 Å². The van der Waals surface area contributed by atoms with Crippen molar-refractivity contribution in [2.75, 3.05) is 6.61 Å². The Bertz CT molecular complexity index is 734. The van der Waals surface area contributed by atoms with Gasteiger partial charge in [0, 0.05) is 6.42 Å². The number of fused-ring (bicyclic) bond motifs is 1. The van der Waals surface area contributed by atoms with E-state index in [0.717, 1.165) is 30.3 Å². The maximum absolute atomic E-state index is 6.47. The zero-order valence-electron chi connectivity index (χ0n) is 19.4. The van der Waals surface area contributed by atoms with Crippen molar-refractivity contribution >= 4 is 12.6 Å². The van der Waals surface area contributed by atoms with Crippen LogP contribution in [0.15, 0.2) is 24.3 Å². The molecule has 3 saturated heterocycles. The van der Waals surface area contributed by atoms with Gasteiger partial charge in [0.05, 0.1) is 30.0 Å². The van der Waals surface area contributed by atoms with E-state index in [1.807, 2.05) is 13.8 Å². The minimum absolute atomic E-state index is 0.0268. The number of unbranched alkanes of at least 4 members (excludes halogenated alkanes) is 2. The molecule has 30 heavy (non-hydrogen) atoms. The summed E-state index contributed by atoms with van der Waals surface area (Å²) in [4.78, 5) is 0. The van der Waals surface area contributed by atoms with Crippen LogP contribution in [0.1, 0.15) is 85.3 Å². The predicted molar refractivity (Wildman–Crippen MR) is 118 cm³/mol. The molecule has 0 aliphatic carbocycles. The first-order valence-electron chi connectivity index (χ1n) is 11.6. The molecule has 0 spiro atoms. The summed E-state index contributed by atoms with van der Waals surface area (Å²) >= 11 is 0. The third kappa shape index (κ3) is 4.35. The molecular formula is C24H37BO5. The molecule has 0 amide bonds. The lowest BCUT2D eigenvalue weighted by Gasteiger charge is -2.36. The zero-order valence-corrected chi connectivity index (χ0v) is 19.4. The molecular weight excluding hydrogens is 379 g/mol. The lowest BCUT2D eigenvalue weighted by Crippen LogP contribution is -2.44. The van der Waals surface area contributed by atoms with Crippen molar-refractivity contribution in [1.82, 2.24) is 0 Å². The van der Waals surface area contributed by atoms with Crippen LogP contribution in [0.4, 0.5) is 0 Å². The molecule has 0 N–H and O–H groups in total. The van der Waals surface area contributed by atoms with Crippen molar-refractivity contribution in [2.24, 2.45) is 0 Å². The zero-order chi connectivity index (χ0) is 21.6. The van der Waals surface area contributed by atoms with Gasteiger partial charge in [-0.1, -0.05) is 50.5 Å². The average molecular weight is 416 g/mol. The molecule has 5 nitrogen and oxygen atoms in total. The van der Waals surface area contributed by atoms with E-state index in [4.69, 9.17) is 23.5 Å². The second kappa shape index (κ2) is 8.21. The first-order valence-corrected chi connectivity index (χ1v) is 11.6. The molecule has 0 saturated carbocycles. The van der Waals surface area contributed by atoms with Gasteiger partial charge in [0.2, 0.25) is 0 Å². The van der Waals surface area contributed by atoms with Gasteiger partial charge in [0.1, 0.15) is 6.10 Å². The van der Waals surface area contributed by atoms with E-state index in [9.17, 15) is 0 Å². The summed E-state index contributed by atoms with van der Waals surface area (Å²) in [6.07, 6.45) is 5.57. The van der Waals surface area contributed by atoms with Gasteiger partial charge in [-0.15, -0.1) is 0 Å². The summed E-state index contributed by atoms with van der Waals surface area (Å²) in [5.74, 6) is -0.523. The smallest absolute Gasteiger partial charge is 0.399 e. The molecule has 1 aromatic rings. The van der Waals surface area contributed by atoms with Crippen LogP contribution in [0, 0.1) is 0 Å². The van der Waals surface area contributed by atoms with E-state index >= 15 is 0 Å². The van der Waals surface area contributed by atoms with E-state index in [1.54, 1.807) is 0 Å². The molecule has 166 valence electrons. The SMILES string of the molecule is CCCCCC1(C)OB(c2ccc([C@H]3C[C@@H]4OC(C)(C)O[C@@H]4CO3)cc2)OC1(C)C. The monoisotopic (exact) mass is 416 g/mol. The number of rotatable bonds is 6. The Morgan fingerprint density at radius 3 is 2.33 bits per heavy atom. The van der Waals surface area contributed by atoms with Crippen LogP contribution in [0.25, 0.3) is 0 Å². The fourth-order valence-electron chi connectivity index (χ4n) is 4.84. The third-order valence-electron chi connectivity index (χ3n) is 7.07. The maximum atomic E-state index is 6.47. The minimum atomic E-state index is -0.523. The molecule has 4 rings (SSSR count). The van der Waals surface area contributed by atoms with Crippen LogP contribution in [-0.4, -0.2) is 42.9 Å². The molecule has 0 radical (unpaired) electrons. The predicted octanol–water partition coefficient (Wildman–Crippen LogP) is 4.53. The molecule has 0 aromatic heterocycles. The van der Waals surface area contributed by atoms with Crippen LogP contribution in [0.3, 0.4) is 0 Å². The average Bonchev–Trinajstić information content (AvgIpc) is 3.12. The van der Waals surface area contributed by atoms with Crippen LogP contribution in [0.2, 0.25) is 0 Å². The van der Waals surface area contributed by atoms with Gasteiger partial charge in [-0.05, 0) is 52.1 Å². The second-order valence-corrected chi connectivity index (χ2v) is 10.2. The van der Waals surface area contributed by atoms with E-state index < -0.39 is 5.79 Å². The fourth-order valence-corrected chi connectivity index (χ4v) is 4.84. The normalized spacial score (nSPS) is 34.9. The number of benzene rings is 1. The Labute approximate surface area is 181 Å². The van der Waals surface area contributed by atoms with E-state index in [0.29, 0.717) is 6.61 Å². The lowest BCUT2D eigenvalue weighted by molar-refractivity contribution is -0.146. The molecule has 3 aliphatic rings. The van der Waals surface area contributed by atoms with Crippen molar-refractivity contribution < 1.29 is 23.5 Å². The van der Waals surface area contributed by atoms with Gasteiger partial charge >= 0.3 is 7.12 Å². The molecule has 1 unspecified atom stereocenters. The van der Waals surface area contributed by atoms with Gasteiger partial charge in [-0.3, -0.25) is 0 Å². The Morgan fingerprint density at radius 1 is 0.933 bits per heavy atom. The van der Waals surface area contributed by atoms with Crippen molar-refractivity contribution in [1.29, 1.82) is 0 Å². The molecule has 3 fully saturated rings. The fraction of sp³-hybridized carbons (Fsp3) is 0.750. The second-order valence-electron chi connectivity index (χ2n) is 10.2. The number of ether oxygens (including phenoxy) is 3. The Hall–Kier alpha value is -0.915. The Balaban J connectivity index is 1.40. The molecule has 0 bridgehead atoms. The van der Waals surface area contributed by atoms with E-state index in [1.165, 1.54) is 12.8 Å². The highest BCUT2D eigenvalue weighted by Gasteiger charge is 2.54. The summed E-state index contributed by atoms with van der Waals surface area (Å²) in [5, 5.41) is 0. The van der Waals surface area contributed by atoms with E-state index in [-0.39, 0.29) is 36.6 Å². The highest BCUT2D eigenvalue weighted by molar-refractivity contribution is 6.62. The topological polar surface area (TPSA) is 46.2 Å². The van der Waals surface area contributed by atoms with Crippen molar-refractivity contribution in [2.45, 2.75) is 109 Å². The summed E-state index contributed by atoms with van der Waals surface area (Å²) in [7, 11) is -0.329. The van der Waals surface area contributed by atoms with Gasteiger partial charge in [-0.2, -0.15) is 0 Å². The summed E-state index contributed by atoms with van der Waals surface area (Å²) < 4.78 is 30.9. The number of hydrogen-bond acceptors (Lipinski definition) is 5. The molecule has 4 atom stereocenters. The maximum Gasteiger partial charge on any atom is 0.494 e. The molecule has 1 aromatic carbocycles. The van der Waals surface area contributed by atoms with Crippen molar-refractivity contribution in [3.05, 3.63) is 29.8 Å². The summed E-state index contributed by atoms with van der Waals surface area (Å²) in [5.41, 5.74) is 1.62. The van der Waals surface area contributed by atoms with Crippen molar-refractivity contribution in [3.8, 4) is 0 Å². The highest BCUT2D eigenvalue weighted by atomic mass is 16.8. The number of hydrogen-bond donors (Lipinski definition) is 0. The summed E-state index contributed by atoms with van der Waals surface area (Å²) in [6, 6.07) is 8.49. The van der Waals surface area contributed by atoms with Crippen LogP contribution in [-0.2, 0) is 23.5 Å². The van der Waals surface area contributed by atoms with Crippen LogP contribution in [0.5, 0.6) is 0 Å². The van der Waals surface area contributed by atoms with Gasteiger partial charge in [0.25, 0.3) is 0 Å². The summed E-state index contributed by atoms with van der Waals surface area (Å²) in [6.45, 7) is 13.2. The third-order valence-corrected chi connectivity index (χ3v) is 7.07. The molecule has 6 heteroatoms. The van der Waals surface area contributed by atoms with Crippen LogP contribution >= 0.6 is 0 Å². The van der Waals surface area contributed by atoms with Crippen LogP contribution < -0.4 is 5.46 Å². The Morgan fingerprint density at radius 2 is 1.63 bits per heavy atom. The first-order chi connectivity index (χ1) is 14.1. The van der Waals surface area contributed by atoms with Gasteiger partial charge < -0.3 is 23.5 Å². The largest absolute Gasteiger partial charge is 0.494 e.